The summed E-state index contributed by atoms with van der Waals surface area (Å²) >= 11 is 0. The van der Waals surface area contributed by atoms with Gasteiger partial charge in [0.15, 0.2) is 0 Å². The van der Waals surface area contributed by atoms with Gasteiger partial charge in [0, 0.05) is 18.0 Å². The van der Waals surface area contributed by atoms with Crippen molar-refractivity contribution < 1.29 is 9.47 Å². The summed E-state index contributed by atoms with van der Waals surface area (Å²) in [6.45, 7) is 1.88. The number of nitrogens with zero attached hydrogens (tertiary/aromatic N) is 2. The number of ether oxygens (including phenoxy) is 2. The normalized spacial score (nSPS) is 17.3. The lowest BCUT2D eigenvalue weighted by Crippen LogP contribution is -2.32. The second-order valence-corrected chi connectivity index (χ2v) is 4.05. The van der Waals surface area contributed by atoms with Gasteiger partial charge in [0.2, 0.25) is 5.79 Å². The van der Waals surface area contributed by atoms with Crippen molar-refractivity contribution in [2.45, 2.75) is 12.3 Å². The molecule has 1 fully saturated rings. The van der Waals surface area contributed by atoms with Gasteiger partial charge < -0.3 is 14.0 Å². The Balaban J connectivity index is 0.00000120. The van der Waals surface area contributed by atoms with Crippen molar-refractivity contribution in [2.24, 2.45) is 0 Å². The maximum absolute atomic E-state index is 5.83. The molecule has 0 radical (unpaired) electrons. The molecule has 0 unspecified atom stereocenters. The van der Waals surface area contributed by atoms with Gasteiger partial charge in [-0.1, -0.05) is 30.3 Å². The minimum Gasteiger partial charge on any atom is -0.342 e. The molecule has 1 aliphatic heterocycles. The monoisotopic (exact) mass is 266 g/mol. The Morgan fingerprint density at radius 1 is 1.17 bits per heavy atom. The maximum Gasteiger partial charge on any atom is 0.213 e. The standard InChI is InChI=1S/C13H14N2O2.ClH/c1-2-4-12(5-3-1)13(16-8-9-17-13)10-15-7-6-14-11-15;/h1-7,11H,8-10H2;1H. The van der Waals surface area contributed by atoms with Crippen molar-refractivity contribution in [3.63, 3.8) is 0 Å². The predicted molar refractivity (Wildman–Crippen MR) is 69.5 cm³/mol. The molecule has 0 N–H and O–H groups in total. The van der Waals surface area contributed by atoms with Crippen molar-refractivity contribution in [1.82, 2.24) is 9.55 Å². The maximum atomic E-state index is 5.83. The number of benzene rings is 1. The molecule has 96 valence electrons. The molecule has 5 heteroatoms. The van der Waals surface area contributed by atoms with E-state index in [0.29, 0.717) is 19.8 Å². The van der Waals surface area contributed by atoms with E-state index in [4.69, 9.17) is 9.47 Å². The lowest BCUT2D eigenvalue weighted by Gasteiger charge is -2.28. The van der Waals surface area contributed by atoms with Crippen LogP contribution in [0.1, 0.15) is 5.56 Å². The van der Waals surface area contributed by atoms with Gasteiger partial charge in [-0.2, -0.15) is 0 Å². The summed E-state index contributed by atoms with van der Waals surface area (Å²) in [7, 11) is 0. The van der Waals surface area contributed by atoms with Crippen molar-refractivity contribution in [1.29, 1.82) is 0 Å². The van der Waals surface area contributed by atoms with Crippen LogP contribution in [0.2, 0.25) is 0 Å². The van der Waals surface area contributed by atoms with E-state index >= 15 is 0 Å². The van der Waals surface area contributed by atoms with Crippen LogP contribution in [0.25, 0.3) is 0 Å². The topological polar surface area (TPSA) is 36.3 Å². The number of halogens is 1. The van der Waals surface area contributed by atoms with Gasteiger partial charge >= 0.3 is 0 Å². The van der Waals surface area contributed by atoms with Gasteiger partial charge in [-0.15, -0.1) is 12.4 Å². The highest BCUT2D eigenvalue weighted by Gasteiger charge is 2.38. The van der Waals surface area contributed by atoms with Crippen LogP contribution in [-0.4, -0.2) is 22.8 Å². The summed E-state index contributed by atoms with van der Waals surface area (Å²) < 4.78 is 13.6. The molecule has 0 atom stereocenters. The molecule has 1 aromatic heterocycles. The zero-order chi connectivity index (χ0) is 11.6. The Morgan fingerprint density at radius 2 is 1.89 bits per heavy atom. The van der Waals surface area contributed by atoms with Crippen molar-refractivity contribution in [2.75, 3.05) is 13.2 Å². The van der Waals surface area contributed by atoms with E-state index in [-0.39, 0.29) is 12.4 Å². The molecular formula is C13H15ClN2O2. The summed E-state index contributed by atoms with van der Waals surface area (Å²) in [5.74, 6) is -0.665. The SMILES string of the molecule is Cl.c1ccc(C2(Cn3ccnc3)OCCO2)cc1. The first-order valence-electron chi connectivity index (χ1n) is 5.68. The van der Waals surface area contributed by atoms with E-state index in [1.165, 1.54) is 0 Å². The Bertz CT molecular complexity index is 467. The summed E-state index contributed by atoms with van der Waals surface area (Å²) in [5.41, 5.74) is 1.05. The van der Waals surface area contributed by atoms with E-state index in [0.717, 1.165) is 5.56 Å². The lowest BCUT2D eigenvalue weighted by molar-refractivity contribution is -0.176. The molecule has 0 saturated carbocycles. The van der Waals surface area contributed by atoms with Crippen LogP contribution in [0, 0.1) is 0 Å². The summed E-state index contributed by atoms with van der Waals surface area (Å²) in [4.78, 5) is 4.04. The molecule has 0 aliphatic carbocycles. The van der Waals surface area contributed by atoms with Crippen LogP contribution in [0.4, 0.5) is 0 Å². The highest BCUT2D eigenvalue weighted by molar-refractivity contribution is 5.85. The second kappa shape index (κ2) is 5.52. The fourth-order valence-corrected chi connectivity index (χ4v) is 2.12. The fourth-order valence-electron chi connectivity index (χ4n) is 2.12. The van der Waals surface area contributed by atoms with E-state index in [1.807, 2.05) is 41.1 Å². The predicted octanol–water partition coefficient (Wildman–Crippen LogP) is 2.20. The molecule has 1 aromatic carbocycles. The second-order valence-electron chi connectivity index (χ2n) is 4.05. The molecule has 18 heavy (non-hydrogen) atoms. The fraction of sp³-hybridized carbons (Fsp3) is 0.308. The van der Waals surface area contributed by atoms with Gasteiger partial charge in [0.1, 0.15) is 0 Å². The van der Waals surface area contributed by atoms with E-state index in [1.54, 1.807) is 12.5 Å². The van der Waals surface area contributed by atoms with Gasteiger partial charge in [-0.3, -0.25) is 0 Å². The first-order valence-corrected chi connectivity index (χ1v) is 5.68. The van der Waals surface area contributed by atoms with Gasteiger partial charge in [0.25, 0.3) is 0 Å². The highest BCUT2D eigenvalue weighted by Crippen LogP contribution is 2.32. The Kier molecular flexibility index (Phi) is 4.01. The average Bonchev–Trinajstić information content (AvgIpc) is 3.03. The van der Waals surface area contributed by atoms with Gasteiger partial charge in [-0.25, -0.2) is 4.98 Å². The molecule has 0 bridgehead atoms. The number of imidazole rings is 1. The first-order chi connectivity index (χ1) is 8.39. The van der Waals surface area contributed by atoms with Gasteiger partial charge in [0.05, 0.1) is 26.1 Å². The minimum absolute atomic E-state index is 0. The van der Waals surface area contributed by atoms with Crippen LogP contribution in [0.3, 0.4) is 0 Å². The third-order valence-corrected chi connectivity index (χ3v) is 2.92. The van der Waals surface area contributed by atoms with Crippen molar-refractivity contribution in [3.05, 3.63) is 54.6 Å². The summed E-state index contributed by atoms with van der Waals surface area (Å²) in [6.07, 6.45) is 5.44. The molecule has 3 rings (SSSR count). The summed E-state index contributed by atoms with van der Waals surface area (Å²) in [5, 5.41) is 0. The van der Waals surface area contributed by atoms with Crippen LogP contribution >= 0.6 is 12.4 Å². The third kappa shape index (κ3) is 2.41. The van der Waals surface area contributed by atoms with Crippen LogP contribution in [0.15, 0.2) is 49.1 Å². The Morgan fingerprint density at radius 3 is 2.50 bits per heavy atom. The highest BCUT2D eigenvalue weighted by atomic mass is 35.5. The minimum atomic E-state index is -0.665. The number of hydrogen-bond acceptors (Lipinski definition) is 3. The van der Waals surface area contributed by atoms with Crippen LogP contribution in [-0.2, 0) is 21.8 Å². The van der Waals surface area contributed by atoms with Crippen LogP contribution < -0.4 is 0 Å². The third-order valence-electron chi connectivity index (χ3n) is 2.92. The molecule has 2 heterocycles. The van der Waals surface area contributed by atoms with Crippen molar-refractivity contribution in [3.8, 4) is 0 Å². The zero-order valence-electron chi connectivity index (χ0n) is 9.86. The Hall–Kier alpha value is -1.36. The number of hydrogen-bond donors (Lipinski definition) is 0. The number of rotatable bonds is 3. The van der Waals surface area contributed by atoms with Crippen molar-refractivity contribution >= 4 is 12.4 Å². The Labute approximate surface area is 112 Å². The smallest absolute Gasteiger partial charge is 0.213 e. The molecule has 4 nitrogen and oxygen atoms in total. The molecule has 1 aliphatic rings. The molecular weight excluding hydrogens is 252 g/mol. The quantitative estimate of drug-likeness (QED) is 0.855. The molecule has 0 amide bonds. The average molecular weight is 267 g/mol. The molecule has 2 aromatic rings. The zero-order valence-corrected chi connectivity index (χ0v) is 10.7. The molecule has 1 saturated heterocycles. The van der Waals surface area contributed by atoms with Crippen LogP contribution in [0.5, 0.6) is 0 Å². The van der Waals surface area contributed by atoms with E-state index < -0.39 is 5.79 Å². The molecule has 0 spiro atoms. The number of aromatic nitrogens is 2. The first kappa shape index (κ1) is 13.1. The summed E-state index contributed by atoms with van der Waals surface area (Å²) in [6, 6.07) is 10.0. The van der Waals surface area contributed by atoms with E-state index in [2.05, 4.69) is 4.98 Å². The van der Waals surface area contributed by atoms with E-state index in [9.17, 15) is 0 Å². The lowest BCUT2D eigenvalue weighted by atomic mass is 10.1. The van der Waals surface area contributed by atoms with Gasteiger partial charge in [-0.05, 0) is 0 Å². The largest absolute Gasteiger partial charge is 0.342 e.